The topological polar surface area (TPSA) is 84.2 Å². The van der Waals surface area contributed by atoms with Gasteiger partial charge in [0.25, 0.3) is 0 Å². The summed E-state index contributed by atoms with van der Waals surface area (Å²) in [6, 6.07) is 7.01. The second-order valence-corrected chi connectivity index (χ2v) is 5.95. The second-order valence-electron chi connectivity index (χ2n) is 5.95. The van der Waals surface area contributed by atoms with E-state index < -0.39 is 6.04 Å². The molecule has 0 aromatic heterocycles. The van der Waals surface area contributed by atoms with Crippen LogP contribution in [0.4, 0.5) is 5.69 Å². The molecule has 0 spiro atoms. The van der Waals surface area contributed by atoms with E-state index in [1.54, 1.807) is 0 Å². The Balaban J connectivity index is 1.88. The largest absolute Gasteiger partial charge is 0.351 e. The molecular weight excluding hydrogens is 266 g/mol. The molecule has 21 heavy (non-hydrogen) atoms. The number of benzene rings is 1. The number of anilines is 1. The number of nitrogens with two attached hydrogens (primary N) is 1. The maximum Gasteiger partial charge on any atom is 0.237 e. The summed E-state index contributed by atoms with van der Waals surface area (Å²) >= 11 is 0. The van der Waals surface area contributed by atoms with Gasteiger partial charge in [-0.05, 0) is 36.5 Å². The van der Waals surface area contributed by atoms with E-state index in [1.807, 2.05) is 38.1 Å². The summed E-state index contributed by atoms with van der Waals surface area (Å²) in [5, 5.41) is 5.72. The van der Waals surface area contributed by atoms with Gasteiger partial charge in [-0.2, -0.15) is 0 Å². The van der Waals surface area contributed by atoms with Gasteiger partial charge in [-0.25, -0.2) is 0 Å². The number of hydrogen-bond donors (Lipinski definition) is 3. The third kappa shape index (κ3) is 4.56. The molecule has 0 radical (unpaired) electrons. The van der Waals surface area contributed by atoms with Crippen molar-refractivity contribution in [2.24, 2.45) is 17.6 Å². The van der Waals surface area contributed by atoms with Crippen LogP contribution in [0.25, 0.3) is 0 Å². The molecule has 1 saturated carbocycles. The number of amides is 2. The van der Waals surface area contributed by atoms with Crippen molar-refractivity contribution in [1.82, 2.24) is 5.32 Å². The highest BCUT2D eigenvalue weighted by Gasteiger charge is 2.29. The molecular formula is C16H23N3O2. The molecule has 0 saturated heterocycles. The van der Waals surface area contributed by atoms with Crippen LogP contribution in [0.5, 0.6) is 0 Å². The number of rotatable bonds is 6. The molecule has 5 nitrogen and oxygen atoms in total. The summed E-state index contributed by atoms with van der Waals surface area (Å²) in [5.74, 6) is 0.210. The third-order valence-corrected chi connectivity index (χ3v) is 3.63. The SMILES string of the molecule is CC(C)[C@@H](N)C(=O)NCc1cccc(NC(=O)C2CC2)c1. The molecule has 0 bridgehead atoms. The van der Waals surface area contributed by atoms with Crippen LogP contribution in [0.3, 0.4) is 0 Å². The van der Waals surface area contributed by atoms with Gasteiger partial charge < -0.3 is 16.4 Å². The van der Waals surface area contributed by atoms with E-state index in [-0.39, 0.29) is 23.7 Å². The molecule has 2 rings (SSSR count). The Morgan fingerprint density at radius 1 is 1.33 bits per heavy atom. The monoisotopic (exact) mass is 289 g/mol. The predicted octanol–water partition coefficient (Wildman–Crippen LogP) is 1.63. The minimum atomic E-state index is -0.497. The molecule has 0 heterocycles. The van der Waals surface area contributed by atoms with Crippen LogP contribution < -0.4 is 16.4 Å². The van der Waals surface area contributed by atoms with Gasteiger partial charge >= 0.3 is 0 Å². The molecule has 5 heteroatoms. The smallest absolute Gasteiger partial charge is 0.237 e. The Morgan fingerprint density at radius 3 is 2.67 bits per heavy atom. The molecule has 1 aromatic carbocycles. The van der Waals surface area contributed by atoms with Crippen molar-refractivity contribution in [3.8, 4) is 0 Å². The lowest BCUT2D eigenvalue weighted by Crippen LogP contribution is -2.43. The molecule has 114 valence electrons. The van der Waals surface area contributed by atoms with Crippen molar-refractivity contribution in [3.63, 3.8) is 0 Å². The Hall–Kier alpha value is -1.88. The second kappa shape index (κ2) is 6.72. The summed E-state index contributed by atoms with van der Waals surface area (Å²) in [6.07, 6.45) is 1.96. The zero-order valence-electron chi connectivity index (χ0n) is 12.6. The molecule has 0 unspecified atom stereocenters. The van der Waals surface area contributed by atoms with E-state index in [0.29, 0.717) is 6.54 Å². The van der Waals surface area contributed by atoms with Crippen molar-refractivity contribution >= 4 is 17.5 Å². The molecule has 1 atom stereocenters. The van der Waals surface area contributed by atoms with Crippen molar-refractivity contribution in [2.45, 2.75) is 39.3 Å². The molecule has 1 aromatic rings. The maximum absolute atomic E-state index is 11.8. The van der Waals surface area contributed by atoms with Crippen LogP contribution in [0.2, 0.25) is 0 Å². The van der Waals surface area contributed by atoms with Crippen LogP contribution in [-0.2, 0) is 16.1 Å². The Labute approximate surface area is 125 Å². The van der Waals surface area contributed by atoms with E-state index in [4.69, 9.17) is 5.73 Å². The van der Waals surface area contributed by atoms with Crippen LogP contribution >= 0.6 is 0 Å². The lowest BCUT2D eigenvalue weighted by Gasteiger charge is -2.15. The Bertz CT molecular complexity index is 524. The van der Waals surface area contributed by atoms with Crippen molar-refractivity contribution in [2.75, 3.05) is 5.32 Å². The van der Waals surface area contributed by atoms with Crippen LogP contribution in [0.15, 0.2) is 24.3 Å². The van der Waals surface area contributed by atoms with Gasteiger partial charge in [-0.3, -0.25) is 9.59 Å². The van der Waals surface area contributed by atoms with Crippen LogP contribution in [-0.4, -0.2) is 17.9 Å². The first-order valence-corrected chi connectivity index (χ1v) is 7.40. The van der Waals surface area contributed by atoms with Gasteiger partial charge in [-0.15, -0.1) is 0 Å². The minimum Gasteiger partial charge on any atom is -0.351 e. The molecule has 1 fully saturated rings. The van der Waals surface area contributed by atoms with Gasteiger partial charge in [0.05, 0.1) is 6.04 Å². The zero-order valence-corrected chi connectivity index (χ0v) is 12.6. The van der Waals surface area contributed by atoms with Gasteiger partial charge in [0.2, 0.25) is 11.8 Å². The van der Waals surface area contributed by atoms with Crippen LogP contribution in [0, 0.1) is 11.8 Å². The highest BCUT2D eigenvalue weighted by Crippen LogP contribution is 2.30. The first kappa shape index (κ1) is 15.5. The van der Waals surface area contributed by atoms with E-state index in [0.717, 1.165) is 24.1 Å². The van der Waals surface area contributed by atoms with Crippen LogP contribution in [0.1, 0.15) is 32.3 Å². The van der Waals surface area contributed by atoms with E-state index in [2.05, 4.69) is 10.6 Å². The van der Waals surface area contributed by atoms with E-state index >= 15 is 0 Å². The summed E-state index contributed by atoms with van der Waals surface area (Å²) in [5.41, 5.74) is 7.50. The van der Waals surface area contributed by atoms with Gasteiger partial charge in [0, 0.05) is 18.2 Å². The first-order valence-electron chi connectivity index (χ1n) is 7.40. The summed E-state index contributed by atoms with van der Waals surface area (Å²) < 4.78 is 0. The van der Waals surface area contributed by atoms with Crippen molar-refractivity contribution in [1.29, 1.82) is 0 Å². The quantitative estimate of drug-likeness (QED) is 0.744. The summed E-state index contributed by atoms with van der Waals surface area (Å²) in [7, 11) is 0. The Morgan fingerprint density at radius 2 is 2.05 bits per heavy atom. The number of nitrogens with one attached hydrogen (secondary N) is 2. The Kier molecular flexibility index (Phi) is 4.96. The summed E-state index contributed by atoms with van der Waals surface area (Å²) in [4.78, 5) is 23.5. The van der Waals surface area contributed by atoms with Gasteiger partial charge in [0.1, 0.15) is 0 Å². The lowest BCUT2D eigenvalue weighted by atomic mass is 10.0. The molecule has 4 N–H and O–H groups in total. The predicted molar refractivity (Wildman–Crippen MR) is 82.5 cm³/mol. The molecule has 0 aliphatic heterocycles. The fraction of sp³-hybridized carbons (Fsp3) is 0.500. The summed E-state index contributed by atoms with van der Waals surface area (Å²) in [6.45, 7) is 4.24. The normalized spacial score (nSPS) is 15.6. The number of carbonyl (C=O) groups is 2. The zero-order chi connectivity index (χ0) is 15.4. The van der Waals surface area contributed by atoms with Gasteiger partial charge in [-0.1, -0.05) is 26.0 Å². The highest BCUT2D eigenvalue weighted by atomic mass is 16.2. The van der Waals surface area contributed by atoms with E-state index in [1.165, 1.54) is 0 Å². The maximum atomic E-state index is 11.8. The van der Waals surface area contributed by atoms with Crippen molar-refractivity contribution in [3.05, 3.63) is 29.8 Å². The fourth-order valence-corrected chi connectivity index (χ4v) is 1.96. The molecule has 2 amide bonds. The highest BCUT2D eigenvalue weighted by molar-refractivity contribution is 5.94. The minimum absolute atomic E-state index is 0.0815. The fourth-order valence-electron chi connectivity index (χ4n) is 1.96. The van der Waals surface area contributed by atoms with Gasteiger partial charge in [0.15, 0.2) is 0 Å². The first-order chi connectivity index (χ1) is 9.97. The average Bonchev–Trinajstić information content (AvgIpc) is 3.28. The molecule has 1 aliphatic carbocycles. The number of carbonyl (C=O) groups excluding carboxylic acids is 2. The average molecular weight is 289 g/mol. The third-order valence-electron chi connectivity index (χ3n) is 3.63. The lowest BCUT2D eigenvalue weighted by molar-refractivity contribution is -0.123. The number of hydrogen-bond acceptors (Lipinski definition) is 3. The molecule has 1 aliphatic rings. The van der Waals surface area contributed by atoms with Crippen molar-refractivity contribution < 1.29 is 9.59 Å². The van der Waals surface area contributed by atoms with E-state index in [9.17, 15) is 9.59 Å². The standard InChI is InChI=1S/C16H23N3O2/c1-10(2)14(17)16(21)18-9-11-4-3-5-13(8-11)19-15(20)12-6-7-12/h3-5,8,10,12,14H,6-7,9,17H2,1-2H3,(H,18,21)(H,19,20)/t14-/m1/s1.